The van der Waals surface area contributed by atoms with Crippen molar-refractivity contribution in [1.29, 1.82) is 0 Å². The number of hydrogen-bond donors (Lipinski definition) is 1. The standard InChI is InChI=1S/C10H10O2.3Y/c1-8(5-6-11)9-3-2-4-10(12)7-9;;;/h2-7,12H,1H3;;;/b8-5+;;;. The van der Waals surface area contributed by atoms with Gasteiger partial charge in [-0.05, 0) is 36.3 Å². The Morgan fingerprint density at radius 2 is 1.87 bits per heavy atom. The van der Waals surface area contributed by atoms with Crippen molar-refractivity contribution in [1.82, 2.24) is 0 Å². The van der Waals surface area contributed by atoms with Gasteiger partial charge in [-0.2, -0.15) is 0 Å². The van der Waals surface area contributed by atoms with Crippen molar-refractivity contribution in [2.45, 2.75) is 6.92 Å². The number of carbonyl (C=O) groups is 1. The maximum absolute atomic E-state index is 10.1. The van der Waals surface area contributed by atoms with E-state index in [0.717, 1.165) is 17.4 Å². The SMILES string of the molecule is C/C(=C\C=O)c1cccc(O)c1.[Y].[Y].[Y]. The zero-order valence-electron chi connectivity index (χ0n) is 8.55. The third-order valence-corrected chi connectivity index (χ3v) is 1.62. The number of aldehydes is 1. The molecule has 0 spiro atoms. The summed E-state index contributed by atoms with van der Waals surface area (Å²) in [5, 5.41) is 9.11. The molecule has 15 heavy (non-hydrogen) atoms. The Hall–Kier alpha value is 1.74. The number of aromatic hydroxyl groups is 1. The summed E-state index contributed by atoms with van der Waals surface area (Å²) >= 11 is 0. The van der Waals surface area contributed by atoms with Gasteiger partial charge in [0.2, 0.25) is 0 Å². The fourth-order valence-electron chi connectivity index (χ4n) is 0.949. The molecule has 0 fully saturated rings. The largest absolute Gasteiger partial charge is 0.508 e. The topological polar surface area (TPSA) is 37.3 Å². The molecule has 0 aromatic heterocycles. The molecule has 0 atom stereocenters. The number of hydrogen-bond acceptors (Lipinski definition) is 2. The zero-order chi connectivity index (χ0) is 8.97. The molecule has 0 bridgehead atoms. The van der Waals surface area contributed by atoms with E-state index in [1.807, 2.05) is 13.0 Å². The van der Waals surface area contributed by atoms with Crippen molar-refractivity contribution in [2.24, 2.45) is 0 Å². The average Bonchev–Trinajstić information content (AvgIpc) is 2.05. The minimum Gasteiger partial charge on any atom is -0.508 e. The van der Waals surface area contributed by atoms with Crippen LogP contribution < -0.4 is 0 Å². The Kier molecular flexibility index (Phi) is 17.9. The zero-order valence-corrected chi connectivity index (χ0v) is 17.1. The smallest absolute Gasteiger partial charge is 0.143 e. The van der Waals surface area contributed by atoms with Crippen LogP contribution in [0.2, 0.25) is 0 Å². The molecule has 5 heteroatoms. The molecule has 1 N–H and O–H groups in total. The van der Waals surface area contributed by atoms with Gasteiger partial charge in [0.05, 0.1) is 0 Å². The molecule has 1 aromatic rings. The van der Waals surface area contributed by atoms with Crippen LogP contribution in [0.25, 0.3) is 5.57 Å². The van der Waals surface area contributed by atoms with Gasteiger partial charge in [0.25, 0.3) is 0 Å². The molecule has 0 aliphatic carbocycles. The van der Waals surface area contributed by atoms with Crippen LogP contribution in [-0.2, 0) is 103 Å². The molecule has 71 valence electrons. The normalized spacial score (nSPS) is 9.00. The summed E-state index contributed by atoms with van der Waals surface area (Å²) in [6.07, 6.45) is 2.20. The van der Waals surface area contributed by atoms with E-state index in [0.29, 0.717) is 0 Å². The van der Waals surface area contributed by atoms with E-state index in [2.05, 4.69) is 0 Å². The quantitative estimate of drug-likeness (QED) is 0.578. The number of phenols is 1. The summed E-state index contributed by atoms with van der Waals surface area (Å²) in [5.41, 5.74) is 1.71. The summed E-state index contributed by atoms with van der Waals surface area (Å²) in [4.78, 5) is 10.1. The first-order valence-electron chi connectivity index (χ1n) is 3.65. The first-order valence-corrected chi connectivity index (χ1v) is 3.65. The molecular formula is C10H10O2Y3. The van der Waals surface area contributed by atoms with Crippen LogP contribution in [0.15, 0.2) is 30.3 Å². The number of rotatable bonds is 2. The summed E-state index contributed by atoms with van der Waals surface area (Å²) in [6.45, 7) is 1.82. The van der Waals surface area contributed by atoms with Crippen LogP contribution in [0.1, 0.15) is 12.5 Å². The van der Waals surface area contributed by atoms with Gasteiger partial charge in [-0.25, -0.2) is 0 Å². The van der Waals surface area contributed by atoms with Gasteiger partial charge >= 0.3 is 0 Å². The third kappa shape index (κ3) is 8.46. The average molecular weight is 429 g/mol. The van der Waals surface area contributed by atoms with Gasteiger partial charge in [0.15, 0.2) is 0 Å². The van der Waals surface area contributed by atoms with Crippen molar-refractivity contribution in [2.75, 3.05) is 0 Å². The minimum absolute atomic E-state index is 0. The van der Waals surface area contributed by atoms with E-state index in [-0.39, 0.29) is 104 Å². The van der Waals surface area contributed by atoms with E-state index in [9.17, 15) is 4.79 Å². The molecule has 0 aliphatic heterocycles. The number of carbonyl (C=O) groups excluding carboxylic acids is 1. The Bertz CT molecular complexity index is 324. The fraction of sp³-hybridized carbons (Fsp3) is 0.100. The summed E-state index contributed by atoms with van der Waals surface area (Å²) in [5.74, 6) is 0.214. The summed E-state index contributed by atoms with van der Waals surface area (Å²) < 4.78 is 0. The van der Waals surface area contributed by atoms with Crippen LogP contribution >= 0.6 is 0 Å². The first-order chi connectivity index (χ1) is 5.74. The van der Waals surface area contributed by atoms with Gasteiger partial charge < -0.3 is 5.11 Å². The van der Waals surface area contributed by atoms with Gasteiger partial charge in [-0.3, -0.25) is 4.79 Å². The van der Waals surface area contributed by atoms with Crippen molar-refractivity contribution < 1.29 is 108 Å². The summed E-state index contributed by atoms with van der Waals surface area (Å²) in [6, 6.07) is 6.80. The minimum atomic E-state index is 0. The maximum Gasteiger partial charge on any atom is 0.143 e. The monoisotopic (exact) mass is 429 g/mol. The van der Waals surface area contributed by atoms with Gasteiger partial charge in [0.1, 0.15) is 12.0 Å². The molecular weight excluding hydrogens is 419 g/mol. The van der Waals surface area contributed by atoms with Crippen molar-refractivity contribution in [3.8, 4) is 5.75 Å². The molecule has 0 amide bonds. The van der Waals surface area contributed by atoms with Crippen LogP contribution in [0, 0.1) is 0 Å². The molecule has 0 saturated carbocycles. The predicted octanol–water partition coefficient (Wildman–Crippen LogP) is 1.99. The molecule has 1 rings (SSSR count). The van der Waals surface area contributed by atoms with Crippen molar-refractivity contribution in [3.63, 3.8) is 0 Å². The Labute approximate surface area is 165 Å². The Balaban J connectivity index is -0.000000480. The van der Waals surface area contributed by atoms with Gasteiger partial charge in [0, 0.05) is 98.1 Å². The van der Waals surface area contributed by atoms with E-state index >= 15 is 0 Å². The van der Waals surface area contributed by atoms with E-state index in [4.69, 9.17) is 5.11 Å². The maximum atomic E-state index is 10.1. The predicted molar refractivity (Wildman–Crippen MR) is 47.8 cm³/mol. The molecule has 0 aliphatic rings. The van der Waals surface area contributed by atoms with Crippen molar-refractivity contribution in [3.05, 3.63) is 35.9 Å². The second kappa shape index (κ2) is 12.2. The van der Waals surface area contributed by atoms with Crippen LogP contribution in [0.3, 0.4) is 0 Å². The second-order valence-corrected chi connectivity index (χ2v) is 2.54. The molecule has 0 unspecified atom stereocenters. The van der Waals surface area contributed by atoms with Gasteiger partial charge in [-0.1, -0.05) is 12.1 Å². The number of benzene rings is 1. The fourth-order valence-corrected chi connectivity index (χ4v) is 0.949. The molecule has 2 nitrogen and oxygen atoms in total. The van der Waals surface area contributed by atoms with E-state index in [1.165, 1.54) is 6.08 Å². The molecule has 1 aromatic carbocycles. The van der Waals surface area contributed by atoms with E-state index in [1.54, 1.807) is 18.2 Å². The van der Waals surface area contributed by atoms with E-state index < -0.39 is 0 Å². The Morgan fingerprint density at radius 3 is 2.33 bits per heavy atom. The van der Waals surface area contributed by atoms with Crippen molar-refractivity contribution >= 4 is 11.9 Å². The third-order valence-electron chi connectivity index (χ3n) is 1.62. The molecule has 0 heterocycles. The Morgan fingerprint density at radius 1 is 1.27 bits per heavy atom. The molecule has 3 radical (unpaired) electrons. The number of allylic oxidation sites excluding steroid dienone is 2. The number of phenolic OH excluding ortho intramolecular Hbond substituents is 1. The van der Waals surface area contributed by atoms with Crippen LogP contribution in [-0.4, -0.2) is 11.4 Å². The summed E-state index contributed by atoms with van der Waals surface area (Å²) in [7, 11) is 0. The van der Waals surface area contributed by atoms with Crippen LogP contribution in [0.5, 0.6) is 5.75 Å². The van der Waals surface area contributed by atoms with Gasteiger partial charge in [-0.15, -0.1) is 0 Å². The first kappa shape index (κ1) is 22.0. The second-order valence-electron chi connectivity index (χ2n) is 2.54. The van der Waals surface area contributed by atoms with Crippen LogP contribution in [0.4, 0.5) is 0 Å². The molecule has 0 saturated heterocycles.